The second-order valence-electron chi connectivity index (χ2n) is 4.88. The normalized spacial score (nSPS) is 16.1. The van der Waals surface area contributed by atoms with E-state index in [9.17, 15) is 10.1 Å². The smallest absolute Gasteiger partial charge is 0.275 e. The standard InChI is InChI=1S/C13H18N2O3/c1-3-13(4-5-13)9-14-10-6-11(15(16)17)8-12(7-10)18-2/h6-8,14H,3-5,9H2,1-2H3. The zero-order valence-electron chi connectivity index (χ0n) is 10.7. The van der Waals surface area contributed by atoms with Gasteiger partial charge in [0.2, 0.25) is 0 Å². The summed E-state index contributed by atoms with van der Waals surface area (Å²) in [5, 5.41) is 14.1. The minimum atomic E-state index is -0.402. The first-order chi connectivity index (χ1) is 8.58. The van der Waals surface area contributed by atoms with Crippen LogP contribution in [0.25, 0.3) is 0 Å². The number of anilines is 1. The molecular formula is C13H18N2O3. The van der Waals surface area contributed by atoms with Crippen molar-refractivity contribution in [1.82, 2.24) is 0 Å². The zero-order valence-corrected chi connectivity index (χ0v) is 10.7. The van der Waals surface area contributed by atoms with Crippen LogP contribution in [0.3, 0.4) is 0 Å². The monoisotopic (exact) mass is 250 g/mol. The molecule has 0 heterocycles. The van der Waals surface area contributed by atoms with Crippen LogP contribution >= 0.6 is 0 Å². The molecule has 2 rings (SSSR count). The Bertz CT molecular complexity index is 456. The van der Waals surface area contributed by atoms with Crippen LogP contribution in [0.15, 0.2) is 18.2 Å². The van der Waals surface area contributed by atoms with Crippen LogP contribution in [-0.4, -0.2) is 18.6 Å². The number of hydrogen-bond donors (Lipinski definition) is 1. The van der Waals surface area contributed by atoms with Gasteiger partial charge in [0.1, 0.15) is 5.75 Å². The van der Waals surface area contributed by atoms with Crippen LogP contribution in [0.2, 0.25) is 0 Å². The van der Waals surface area contributed by atoms with Crippen LogP contribution in [-0.2, 0) is 0 Å². The third-order valence-corrected chi connectivity index (χ3v) is 3.71. The van der Waals surface area contributed by atoms with E-state index < -0.39 is 4.92 Å². The third-order valence-electron chi connectivity index (χ3n) is 3.71. The SMILES string of the molecule is CCC1(CNc2cc(OC)cc([N+](=O)[O-])c2)CC1. The van der Waals surface area contributed by atoms with Crippen molar-refractivity contribution in [3.63, 3.8) is 0 Å². The molecule has 0 radical (unpaired) electrons. The van der Waals surface area contributed by atoms with Crippen molar-refractivity contribution in [2.75, 3.05) is 19.0 Å². The molecule has 5 heteroatoms. The molecule has 1 aliphatic rings. The summed E-state index contributed by atoms with van der Waals surface area (Å²) in [5.74, 6) is 0.507. The minimum absolute atomic E-state index is 0.0539. The lowest BCUT2D eigenvalue weighted by atomic mass is 10.0. The molecule has 1 saturated carbocycles. The summed E-state index contributed by atoms with van der Waals surface area (Å²) in [5.41, 5.74) is 1.21. The summed E-state index contributed by atoms with van der Waals surface area (Å²) >= 11 is 0. The lowest BCUT2D eigenvalue weighted by molar-refractivity contribution is -0.384. The first-order valence-corrected chi connectivity index (χ1v) is 6.16. The van der Waals surface area contributed by atoms with Crippen molar-refractivity contribution in [1.29, 1.82) is 0 Å². The fraction of sp³-hybridized carbons (Fsp3) is 0.538. The Labute approximate surface area is 106 Å². The van der Waals surface area contributed by atoms with Gasteiger partial charge < -0.3 is 10.1 Å². The maximum atomic E-state index is 10.8. The molecule has 0 bridgehead atoms. The molecule has 1 aromatic carbocycles. The van der Waals surface area contributed by atoms with Gasteiger partial charge in [-0.2, -0.15) is 0 Å². The lowest BCUT2D eigenvalue weighted by Gasteiger charge is -2.15. The van der Waals surface area contributed by atoms with E-state index in [1.807, 2.05) is 0 Å². The maximum absolute atomic E-state index is 10.8. The summed E-state index contributed by atoms with van der Waals surface area (Å²) < 4.78 is 5.08. The number of hydrogen-bond acceptors (Lipinski definition) is 4. The maximum Gasteiger partial charge on any atom is 0.275 e. The second kappa shape index (κ2) is 4.84. The van der Waals surface area contributed by atoms with E-state index in [0.717, 1.165) is 18.7 Å². The van der Waals surface area contributed by atoms with Crippen molar-refractivity contribution >= 4 is 11.4 Å². The number of nitrogens with zero attached hydrogens (tertiary/aromatic N) is 1. The molecule has 1 aliphatic carbocycles. The summed E-state index contributed by atoms with van der Waals surface area (Å²) in [7, 11) is 1.51. The van der Waals surface area contributed by atoms with E-state index in [1.54, 1.807) is 12.1 Å². The Balaban J connectivity index is 2.11. The largest absolute Gasteiger partial charge is 0.496 e. The molecule has 1 N–H and O–H groups in total. The van der Waals surface area contributed by atoms with Crippen molar-refractivity contribution in [3.05, 3.63) is 28.3 Å². The number of methoxy groups -OCH3 is 1. The first-order valence-electron chi connectivity index (χ1n) is 6.16. The highest BCUT2D eigenvalue weighted by molar-refractivity contribution is 5.56. The Morgan fingerprint density at radius 2 is 2.17 bits per heavy atom. The highest BCUT2D eigenvalue weighted by atomic mass is 16.6. The molecule has 0 atom stereocenters. The number of non-ortho nitro benzene ring substituents is 1. The molecular weight excluding hydrogens is 232 g/mol. The summed E-state index contributed by atoms with van der Waals surface area (Å²) in [6.45, 7) is 3.05. The van der Waals surface area contributed by atoms with E-state index in [4.69, 9.17) is 4.74 Å². The van der Waals surface area contributed by atoms with Gasteiger partial charge in [-0.15, -0.1) is 0 Å². The number of rotatable bonds is 6. The van der Waals surface area contributed by atoms with Crippen LogP contribution in [0.5, 0.6) is 5.75 Å². The highest BCUT2D eigenvalue weighted by Gasteiger charge is 2.40. The second-order valence-corrected chi connectivity index (χ2v) is 4.88. The van der Waals surface area contributed by atoms with Gasteiger partial charge in [0.05, 0.1) is 18.1 Å². The van der Waals surface area contributed by atoms with Gasteiger partial charge in [0.25, 0.3) is 5.69 Å². The Morgan fingerprint density at radius 3 is 2.67 bits per heavy atom. The van der Waals surface area contributed by atoms with Gasteiger partial charge in [-0.25, -0.2) is 0 Å². The van der Waals surface area contributed by atoms with Crippen LogP contribution < -0.4 is 10.1 Å². The van der Waals surface area contributed by atoms with Gasteiger partial charge in [-0.1, -0.05) is 6.92 Å². The van der Waals surface area contributed by atoms with Crippen LogP contribution in [0.1, 0.15) is 26.2 Å². The third kappa shape index (κ3) is 2.72. The molecule has 0 spiro atoms. The Morgan fingerprint density at radius 1 is 1.44 bits per heavy atom. The molecule has 5 nitrogen and oxygen atoms in total. The van der Waals surface area contributed by atoms with E-state index in [2.05, 4.69) is 12.2 Å². The molecule has 1 fully saturated rings. The Kier molecular flexibility index (Phi) is 3.41. The summed E-state index contributed by atoms with van der Waals surface area (Å²) in [6.07, 6.45) is 3.62. The van der Waals surface area contributed by atoms with E-state index in [-0.39, 0.29) is 5.69 Å². The predicted octanol–water partition coefficient (Wildman–Crippen LogP) is 3.21. The van der Waals surface area contributed by atoms with Gasteiger partial charge >= 0.3 is 0 Å². The summed E-state index contributed by atoms with van der Waals surface area (Å²) in [6, 6.07) is 4.77. The molecule has 0 amide bonds. The van der Waals surface area contributed by atoms with Gasteiger partial charge in [0, 0.05) is 24.4 Å². The number of benzene rings is 1. The average Bonchev–Trinajstić information content (AvgIpc) is 3.16. The number of nitro benzene ring substituents is 1. The number of nitrogens with one attached hydrogen (secondary N) is 1. The number of nitro groups is 1. The molecule has 18 heavy (non-hydrogen) atoms. The van der Waals surface area contributed by atoms with Crippen LogP contribution in [0.4, 0.5) is 11.4 Å². The zero-order chi connectivity index (χ0) is 13.2. The van der Waals surface area contributed by atoms with Gasteiger partial charge in [-0.05, 0) is 24.7 Å². The van der Waals surface area contributed by atoms with E-state index in [0.29, 0.717) is 11.2 Å². The molecule has 0 saturated heterocycles. The summed E-state index contributed by atoms with van der Waals surface area (Å²) in [4.78, 5) is 10.4. The molecule has 98 valence electrons. The predicted molar refractivity (Wildman–Crippen MR) is 70.1 cm³/mol. The van der Waals surface area contributed by atoms with Crippen molar-refractivity contribution < 1.29 is 9.66 Å². The van der Waals surface area contributed by atoms with Crippen molar-refractivity contribution in [2.45, 2.75) is 26.2 Å². The molecule has 0 aromatic heterocycles. The Hall–Kier alpha value is -1.78. The lowest BCUT2D eigenvalue weighted by Crippen LogP contribution is -2.14. The fourth-order valence-electron chi connectivity index (χ4n) is 2.03. The van der Waals surface area contributed by atoms with E-state index >= 15 is 0 Å². The first kappa shape index (κ1) is 12.7. The molecule has 0 aliphatic heterocycles. The topological polar surface area (TPSA) is 64.4 Å². The van der Waals surface area contributed by atoms with Gasteiger partial charge in [0.15, 0.2) is 0 Å². The molecule has 0 unspecified atom stereocenters. The quantitative estimate of drug-likeness (QED) is 0.622. The van der Waals surface area contributed by atoms with Crippen molar-refractivity contribution in [2.24, 2.45) is 5.41 Å². The average molecular weight is 250 g/mol. The highest BCUT2D eigenvalue weighted by Crippen LogP contribution is 2.48. The van der Waals surface area contributed by atoms with Gasteiger partial charge in [-0.3, -0.25) is 10.1 Å². The van der Waals surface area contributed by atoms with Crippen LogP contribution in [0, 0.1) is 15.5 Å². The van der Waals surface area contributed by atoms with Crippen molar-refractivity contribution in [3.8, 4) is 5.75 Å². The fourth-order valence-corrected chi connectivity index (χ4v) is 2.03. The minimum Gasteiger partial charge on any atom is -0.496 e. The van der Waals surface area contributed by atoms with E-state index in [1.165, 1.54) is 26.0 Å². The molecule has 1 aromatic rings. The number of ether oxygens (including phenoxy) is 1.